The van der Waals surface area contributed by atoms with Crippen LogP contribution in [-0.4, -0.2) is 11.7 Å². The lowest BCUT2D eigenvalue weighted by atomic mass is 9.77. The summed E-state index contributed by atoms with van der Waals surface area (Å²) < 4.78 is 0.980. The fourth-order valence-corrected chi connectivity index (χ4v) is 4.52. The van der Waals surface area contributed by atoms with E-state index < -0.39 is 0 Å². The van der Waals surface area contributed by atoms with E-state index in [1.165, 1.54) is 0 Å². The molecule has 138 valence electrons. The van der Waals surface area contributed by atoms with Crippen molar-refractivity contribution < 1.29 is 9.59 Å². The van der Waals surface area contributed by atoms with Crippen molar-refractivity contribution in [3.63, 3.8) is 0 Å². The maximum atomic E-state index is 13.2. The summed E-state index contributed by atoms with van der Waals surface area (Å²) in [6.45, 7) is 1.91. The zero-order valence-electron chi connectivity index (χ0n) is 15.0. The number of hydrogen-bond donors (Lipinski definition) is 0. The van der Waals surface area contributed by atoms with Crippen LogP contribution < -0.4 is 4.90 Å². The van der Waals surface area contributed by atoms with E-state index in [1.54, 1.807) is 4.90 Å². The number of nitrogens with zero attached hydrogens (tertiary/aromatic N) is 1. The quantitative estimate of drug-likeness (QED) is 0.575. The molecule has 0 N–H and O–H groups in total. The second kappa shape index (κ2) is 7.25. The molecule has 2 aromatic carbocycles. The Balaban J connectivity index is 1.88. The molecule has 1 aliphatic carbocycles. The van der Waals surface area contributed by atoms with E-state index in [0.29, 0.717) is 11.4 Å². The third-order valence-electron chi connectivity index (χ3n) is 5.43. The van der Waals surface area contributed by atoms with Crippen LogP contribution in [0.25, 0.3) is 0 Å². The van der Waals surface area contributed by atoms with E-state index in [1.807, 2.05) is 49.4 Å². The first-order valence-corrected chi connectivity index (χ1v) is 10.2. The third kappa shape index (κ3) is 3.26. The van der Waals surface area contributed by atoms with Gasteiger partial charge in [-0.15, -0.1) is 0 Å². The minimum Gasteiger partial charge on any atom is -0.294 e. The molecule has 27 heavy (non-hydrogen) atoms. The minimum atomic E-state index is -0.177. The van der Waals surface area contributed by atoms with E-state index in [-0.39, 0.29) is 24.0 Å². The standard InChI is InChI=1S/C22H19BrClNO2/c1-13-17(24)4-2-5-18(13)25-19-6-3-7-20(26)22(19)16(12-21(25)27)14-8-10-15(23)11-9-14/h2,4-5,8-11,16H,3,6-7,12H2,1H3. The van der Waals surface area contributed by atoms with E-state index in [4.69, 9.17) is 11.6 Å². The number of halogens is 2. The van der Waals surface area contributed by atoms with Gasteiger partial charge in [-0.05, 0) is 55.2 Å². The molecule has 3 nitrogen and oxygen atoms in total. The summed E-state index contributed by atoms with van der Waals surface area (Å²) in [6, 6.07) is 13.5. The lowest BCUT2D eigenvalue weighted by Crippen LogP contribution is -2.40. The summed E-state index contributed by atoms with van der Waals surface area (Å²) in [5.74, 6) is -0.00720. The number of benzene rings is 2. The maximum absolute atomic E-state index is 13.2. The molecule has 1 unspecified atom stereocenters. The van der Waals surface area contributed by atoms with Gasteiger partial charge in [0.15, 0.2) is 5.78 Å². The third-order valence-corrected chi connectivity index (χ3v) is 6.37. The number of carbonyl (C=O) groups is 2. The first-order chi connectivity index (χ1) is 13.0. The van der Waals surface area contributed by atoms with Crippen LogP contribution in [-0.2, 0) is 9.59 Å². The van der Waals surface area contributed by atoms with Gasteiger partial charge >= 0.3 is 0 Å². The van der Waals surface area contributed by atoms with Gasteiger partial charge in [0.05, 0.1) is 5.69 Å². The van der Waals surface area contributed by atoms with Gasteiger partial charge in [-0.1, -0.05) is 45.7 Å². The fraction of sp³-hybridized carbons (Fsp3) is 0.273. The first-order valence-electron chi connectivity index (χ1n) is 9.07. The van der Waals surface area contributed by atoms with Crippen molar-refractivity contribution in [1.29, 1.82) is 0 Å². The predicted molar refractivity (Wildman–Crippen MR) is 111 cm³/mol. The van der Waals surface area contributed by atoms with E-state index >= 15 is 0 Å². The van der Waals surface area contributed by atoms with Crippen LogP contribution in [0.1, 0.15) is 42.7 Å². The second-order valence-electron chi connectivity index (χ2n) is 7.06. The molecule has 1 amide bonds. The molecule has 0 bridgehead atoms. The summed E-state index contributed by atoms with van der Waals surface area (Å²) in [7, 11) is 0. The molecule has 5 heteroatoms. The summed E-state index contributed by atoms with van der Waals surface area (Å²) in [5.41, 5.74) is 4.29. The molecule has 0 spiro atoms. The molecular weight excluding hydrogens is 426 g/mol. The van der Waals surface area contributed by atoms with E-state index in [2.05, 4.69) is 15.9 Å². The van der Waals surface area contributed by atoms with Crippen molar-refractivity contribution in [3.05, 3.63) is 74.4 Å². The van der Waals surface area contributed by atoms with Gasteiger partial charge in [-0.25, -0.2) is 0 Å². The normalized spacial score (nSPS) is 20.1. The second-order valence-corrected chi connectivity index (χ2v) is 8.38. The molecule has 0 saturated heterocycles. The molecule has 4 rings (SSSR count). The largest absolute Gasteiger partial charge is 0.294 e. The smallest absolute Gasteiger partial charge is 0.232 e. The highest BCUT2D eigenvalue weighted by atomic mass is 79.9. The number of carbonyl (C=O) groups excluding carboxylic acids is 2. The van der Waals surface area contributed by atoms with E-state index in [0.717, 1.165) is 45.4 Å². The Morgan fingerprint density at radius 2 is 1.81 bits per heavy atom. The first kappa shape index (κ1) is 18.5. The van der Waals surface area contributed by atoms with E-state index in [9.17, 15) is 9.59 Å². The van der Waals surface area contributed by atoms with Crippen LogP contribution in [0.4, 0.5) is 5.69 Å². The lowest BCUT2D eigenvalue weighted by Gasteiger charge is -2.39. The average molecular weight is 445 g/mol. The zero-order chi connectivity index (χ0) is 19.1. The van der Waals surface area contributed by atoms with Crippen molar-refractivity contribution >= 4 is 44.9 Å². The molecule has 2 aliphatic rings. The Morgan fingerprint density at radius 3 is 2.56 bits per heavy atom. The van der Waals surface area contributed by atoms with Crippen molar-refractivity contribution in [2.24, 2.45) is 0 Å². The molecule has 1 heterocycles. The topological polar surface area (TPSA) is 37.4 Å². The fourth-order valence-electron chi connectivity index (χ4n) is 4.09. The van der Waals surface area contributed by atoms with Crippen molar-refractivity contribution in [2.75, 3.05) is 4.90 Å². The Morgan fingerprint density at radius 1 is 1.07 bits per heavy atom. The van der Waals surface area contributed by atoms with Crippen molar-refractivity contribution in [3.8, 4) is 0 Å². The van der Waals surface area contributed by atoms with Gasteiger partial charge in [0.2, 0.25) is 5.91 Å². The number of amides is 1. The number of Topliss-reactive ketones (excluding diaryl/α,β-unsaturated/α-hetero) is 1. The molecule has 0 aromatic heterocycles. The monoisotopic (exact) mass is 443 g/mol. The van der Waals surface area contributed by atoms with Crippen LogP contribution in [0.2, 0.25) is 5.02 Å². The minimum absolute atomic E-state index is 0.0155. The molecule has 2 aromatic rings. The molecule has 1 aliphatic heterocycles. The van der Waals surface area contributed by atoms with Gasteiger partial charge in [-0.3, -0.25) is 14.5 Å². The number of anilines is 1. The maximum Gasteiger partial charge on any atom is 0.232 e. The highest BCUT2D eigenvalue weighted by Crippen LogP contribution is 2.44. The van der Waals surface area contributed by atoms with Crippen molar-refractivity contribution in [1.82, 2.24) is 0 Å². The van der Waals surface area contributed by atoms with Crippen LogP contribution >= 0.6 is 27.5 Å². The summed E-state index contributed by atoms with van der Waals surface area (Å²) >= 11 is 9.75. The Kier molecular flexibility index (Phi) is 4.95. The molecule has 0 radical (unpaired) electrons. The predicted octanol–water partition coefficient (Wildman–Crippen LogP) is 5.94. The molecule has 1 atom stereocenters. The summed E-state index contributed by atoms with van der Waals surface area (Å²) in [6.07, 6.45) is 2.33. The Bertz CT molecular complexity index is 965. The highest BCUT2D eigenvalue weighted by Gasteiger charge is 2.40. The molecule has 0 fully saturated rings. The Hall–Kier alpha value is -1.91. The van der Waals surface area contributed by atoms with Gasteiger partial charge in [-0.2, -0.15) is 0 Å². The number of ketones is 1. The van der Waals surface area contributed by atoms with Gasteiger partial charge in [0.1, 0.15) is 0 Å². The van der Waals surface area contributed by atoms with Crippen LogP contribution in [0, 0.1) is 6.92 Å². The van der Waals surface area contributed by atoms with Crippen LogP contribution in [0.15, 0.2) is 58.2 Å². The van der Waals surface area contributed by atoms with Crippen LogP contribution in [0.3, 0.4) is 0 Å². The number of allylic oxidation sites excluding steroid dienone is 2. The van der Waals surface area contributed by atoms with Gasteiger partial charge in [0, 0.05) is 39.5 Å². The molecule has 0 saturated carbocycles. The van der Waals surface area contributed by atoms with Crippen LogP contribution in [0.5, 0.6) is 0 Å². The van der Waals surface area contributed by atoms with Gasteiger partial charge in [0.25, 0.3) is 0 Å². The number of hydrogen-bond acceptors (Lipinski definition) is 2. The Labute approximate surface area is 172 Å². The van der Waals surface area contributed by atoms with Crippen molar-refractivity contribution in [2.45, 2.75) is 38.5 Å². The highest BCUT2D eigenvalue weighted by molar-refractivity contribution is 9.10. The average Bonchev–Trinajstić information content (AvgIpc) is 2.65. The zero-order valence-corrected chi connectivity index (χ0v) is 17.3. The molecular formula is C22H19BrClNO2. The van der Waals surface area contributed by atoms with Gasteiger partial charge < -0.3 is 0 Å². The lowest BCUT2D eigenvalue weighted by molar-refractivity contribution is -0.119. The summed E-state index contributed by atoms with van der Waals surface area (Å²) in [5, 5.41) is 0.625. The SMILES string of the molecule is Cc1c(Cl)cccc1N1C(=O)CC(c2ccc(Br)cc2)C2=C1CCCC2=O. The summed E-state index contributed by atoms with van der Waals surface area (Å²) in [4.78, 5) is 27.8. The number of rotatable bonds is 2.